The smallest absolute Gasteiger partial charge is 0.201 e. The molecule has 1 aliphatic carbocycles. The molecule has 0 atom stereocenters. The third-order valence-electron chi connectivity index (χ3n) is 3.44. The average molecular weight is 268 g/mol. The van der Waals surface area contributed by atoms with Crippen molar-refractivity contribution in [2.75, 3.05) is 14.2 Å². The molecule has 0 aliphatic heterocycles. The van der Waals surface area contributed by atoms with Crippen LogP contribution in [0.25, 0.3) is 0 Å². The third kappa shape index (κ3) is 1.54. The zero-order valence-electron chi connectivity index (χ0n) is 11.1. The molecule has 100 valence electrons. The fourth-order valence-electron chi connectivity index (χ4n) is 2.52. The lowest BCUT2D eigenvalue weighted by Crippen LogP contribution is -2.22. The summed E-state index contributed by atoms with van der Waals surface area (Å²) in [4.78, 5) is 25.2. The van der Waals surface area contributed by atoms with Gasteiger partial charge in [-0.3, -0.25) is 9.59 Å². The number of methoxy groups -OCH3 is 2. The molecule has 0 N–H and O–H groups in total. The van der Waals surface area contributed by atoms with Gasteiger partial charge < -0.3 is 9.47 Å². The first-order valence-corrected chi connectivity index (χ1v) is 6.12. The summed E-state index contributed by atoms with van der Waals surface area (Å²) >= 11 is 0. The monoisotopic (exact) mass is 268 g/mol. The van der Waals surface area contributed by atoms with Gasteiger partial charge in [0.25, 0.3) is 0 Å². The van der Waals surface area contributed by atoms with E-state index in [9.17, 15) is 9.59 Å². The highest BCUT2D eigenvalue weighted by molar-refractivity contribution is 6.30. The number of ether oxygens (including phenoxy) is 2. The van der Waals surface area contributed by atoms with Crippen LogP contribution in [0.2, 0.25) is 0 Å². The Kier molecular flexibility index (Phi) is 2.79. The van der Waals surface area contributed by atoms with Crippen molar-refractivity contribution in [2.45, 2.75) is 0 Å². The Bertz CT molecular complexity index is 672. The van der Waals surface area contributed by atoms with Crippen LogP contribution in [0.3, 0.4) is 0 Å². The van der Waals surface area contributed by atoms with Gasteiger partial charge in [-0.05, 0) is 12.1 Å². The van der Waals surface area contributed by atoms with Gasteiger partial charge in [-0.15, -0.1) is 0 Å². The topological polar surface area (TPSA) is 52.6 Å². The number of hydrogen-bond donors (Lipinski definition) is 0. The van der Waals surface area contributed by atoms with Crippen molar-refractivity contribution in [3.63, 3.8) is 0 Å². The van der Waals surface area contributed by atoms with Gasteiger partial charge in [-0.25, -0.2) is 0 Å². The van der Waals surface area contributed by atoms with Gasteiger partial charge in [-0.1, -0.05) is 24.3 Å². The van der Waals surface area contributed by atoms with Crippen LogP contribution in [-0.4, -0.2) is 25.8 Å². The summed E-state index contributed by atoms with van der Waals surface area (Å²) in [5.74, 6) is 0.367. The SMILES string of the molecule is COc1cccc2c1C(=O)c1c(OC)cccc1C2=O. The first kappa shape index (κ1) is 12.4. The maximum atomic E-state index is 12.7. The number of benzene rings is 2. The molecule has 0 aromatic heterocycles. The van der Waals surface area contributed by atoms with Crippen molar-refractivity contribution in [3.8, 4) is 11.5 Å². The first-order chi connectivity index (χ1) is 9.69. The molecule has 0 saturated heterocycles. The summed E-state index contributed by atoms with van der Waals surface area (Å²) < 4.78 is 10.4. The van der Waals surface area contributed by atoms with Gasteiger partial charge in [0.05, 0.1) is 25.3 Å². The van der Waals surface area contributed by atoms with Gasteiger partial charge >= 0.3 is 0 Å². The molecule has 0 radical (unpaired) electrons. The summed E-state index contributed by atoms with van der Waals surface area (Å²) in [5, 5.41) is 0. The van der Waals surface area contributed by atoms with E-state index in [-0.39, 0.29) is 11.6 Å². The Morgan fingerprint density at radius 2 is 1.15 bits per heavy atom. The molecule has 0 unspecified atom stereocenters. The average Bonchev–Trinajstić information content (AvgIpc) is 2.50. The van der Waals surface area contributed by atoms with Crippen molar-refractivity contribution in [1.29, 1.82) is 0 Å². The summed E-state index contributed by atoms with van der Waals surface area (Å²) in [7, 11) is 2.95. The molecule has 0 fully saturated rings. The second-order valence-electron chi connectivity index (χ2n) is 4.42. The number of rotatable bonds is 2. The molecule has 0 bridgehead atoms. The lowest BCUT2D eigenvalue weighted by Gasteiger charge is -2.21. The van der Waals surface area contributed by atoms with Crippen molar-refractivity contribution < 1.29 is 19.1 Å². The molecule has 2 aromatic carbocycles. The summed E-state index contributed by atoms with van der Waals surface area (Å²) in [5.41, 5.74) is 1.35. The summed E-state index contributed by atoms with van der Waals surface area (Å²) in [6.07, 6.45) is 0. The molecule has 20 heavy (non-hydrogen) atoms. The largest absolute Gasteiger partial charge is 0.496 e. The van der Waals surface area contributed by atoms with E-state index in [1.54, 1.807) is 36.4 Å². The van der Waals surface area contributed by atoms with Crippen LogP contribution >= 0.6 is 0 Å². The third-order valence-corrected chi connectivity index (χ3v) is 3.44. The highest BCUT2D eigenvalue weighted by Crippen LogP contribution is 2.36. The number of fused-ring (bicyclic) bond motifs is 2. The molecule has 4 heteroatoms. The van der Waals surface area contributed by atoms with Gasteiger partial charge in [0, 0.05) is 11.1 Å². The number of ketones is 2. The van der Waals surface area contributed by atoms with Crippen LogP contribution < -0.4 is 9.47 Å². The quantitative estimate of drug-likeness (QED) is 0.716. The van der Waals surface area contributed by atoms with Crippen LogP contribution in [0.5, 0.6) is 11.5 Å². The lowest BCUT2D eigenvalue weighted by atomic mass is 9.83. The Morgan fingerprint density at radius 3 is 1.55 bits per heavy atom. The molecule has 3 rings (SSSR count). The minimum Gasteiger partial charge on any atom is -0.496 e. The zero-order chi connectivity index (χ0) is 14.3. The van der Waals surface area contributed by atoms with E-state index < -0.39 is 0 Å². The highest BCUT2D eigenvalue weighted by Gasteiger charge is 2.34. The van der Waals surface area contributed by atoms with E-state index >= 15 is 0 Å². The predicted molar refractivity (Wildman–Crippen MR) is 72.9 cm³/mol. The molecule has 0 heterocycles. The Hall–Kier alpha value is -2.62. The lowest BCUT2D eigenvalue weighted by molar-refractivity contribution is 0.0974. The van der Waals surface area contributed by atoms with E-state index in [4.69, 9.17) is 9.47 Å². The first-order valence-electron chi connectivity index (χ1n) is 6.12. The van der Waals surface area contributed by atoms with E-state index in [1.165, 1.54) is 14.2 Å². The minimum atomic E-state index is -0.246. The normalized spacial score (nSPS) is 12.7. The van der Waals surface area contributed by atoms with Crippen LogP contribution in [0.4, 0.5) is 0 Å². The van der Waals surface area contributed by atoms with Crippen LogP contribution in [0, 0.1) is 0 Å². The predicted octanol–water partition coefficient (Wildman–Crippen LogP) is 2.48. The van der Waals surface area contributed by atoms with E-state index in [0.29, 0.717) is 33.8 Å². The molecular formula is C16H12O4. The fraction of sp³-hybridized carbons (Fsp3) is 0.125. The molecule has 1 aliphatic rings. The molecule has 0 spiro atoms. The maximum Gasteiger partial charge on any atom is 0.201 e. The summed E-state index contributed by atoms with van der Waals surface area (Å²) in [6.45, 7) is 0. The second-order valence-corrected chi connectivity index (χ2v) is 4.42. The molecule has 2 aromatic rings. The number of carbonyl (C=O) groups excluding carboxylic acids is 2. The Balaban J connectivity index is 2.34. The summed E-state index contributed by atoms with van der Waals surface area (Å²) in [6, 6.07) is 10.0. The van der Waals surface area contributed by atoms with Gasteiger partial charge in [0.1, 0.15) is 11.5 Å². The van der Waals surface area contributed by atoms with E-state index in [1.807, 2.05) is 0 Å². The van der Waals surface area contributed by atoms with Gasteiger partial charge in [0.2, 0.25) is 5.78 Å². The van der Waals surface area contributed by atoms with E-state index in [0.717, 1.165) is 0 Å². The van der Waals surface area contributed by atoms with Crippen molar-refractivity contribution >= 4 is 11.6 Å². The second kappa shape index (κ2) is 4.49. The molecular weight excluding hydrogens is 256 g/mol. The Labute approximate surface area is 115 Å². The van der Waals surface area contributed by atoms with Crippen molar-refractivity contribution in [1.82, 2.24) is 0 Å². The molecule has 0 saturated carbocycles. The minimum absolute atomic E-state index is 0.188. The Morgan fingerprint density at radius 1 is 0.700 bits per heavy atom. The van der Waals surface area contributed by atoms with Gasteiger partial charge in [0.15, 0.2) is 5.78 Å². The number of hydrogen-bond acceptors (Lipinski definition) is 4. The fourth-order valence-corrected chi connectivity index (χ4v) is 2.52. The van der Waals surface area contributed by atoms with Crippen LogP contribution in [-0.2, 0) is 0 Å². The standard InChI is InChI=1S/C16H12O4/c1-19-11-7-3-5-9-13(11)16(18)14-10(15(9)17)6-4-8-12(14)20-2/h3-8H,1-2H3. The van der Waals surface area contributed by atoms with Gasteiger partial charge in [-0.2, -0.15) is 0 Å². The van der Waals surface area contributed by atoms with Crippen molar-refractivity contribution in [2.24, 2.45) is 0 Å². The van der Waals surface area contributed by atoms with Crippen molar-refractivity contribution in [3.05, 3.63) is 58.7 Å². The molecule has 0 amide bonds. The maximum absolute atomic E-state index is 12.7. The van der Waals surface area contributed by atoms with Crippen LogP contribution in [0.15, 0.2) is 36.4 Å². The molecule has 4 nitrogen and oxygen atoms in total. The zero-order valence-corrected chi connectivity index (χ0v) is 11.1. The highest BCUT2D eigenvalue weighted by atomic mass is 16.5. The van der Waals surface area contributed by atoms with E-state index in [2.05, 4.69) is 0 Å². The number of carbonyl (C=O) groups is 2. The van der Waals surface area contributed by atoms with Crippen LogP contribution in [0.1, 0.15) is 31.8 Å².